The summed E-state index contributed by atoms with van der Waals surface area (Å²) in [4.78, 5) is 10.7. The molecule has 0 saturated heterocycles. The normalized spacial score (nSPS) is 11.5. The van der Waals surface area contributed by atoms with Crippen LogP contribution in [-0.2, 0) is 0 Å². The van der Waals surface area contributed by atoms with Crippen LogP contribution in [0.25, 0.3) is 97.9 Å². The zero-order valence-corrected chi connectivity index (χ0v) is 28.4. The predicted octanol–water partition coefficient (Wildman–Crippen LogP) is 13.5. The topological polar surface area (TPSA) is 25.8 Å². The second-order valence-electron chi connectivity index (χ2n) is 13.0. The first-order chi connectivity index (χ1) is 25.3. The summed E-state index contributed by atoms with van der Waals surface area (Å²) in [7, 11) is 0. The van der Waals surface area contributed by atoms with Gasteiger partial charge < -0.3 is 0 Å². The van der Waals surface area contributed by atoms with E-state index in [4.69, 9.17) is 9.97 Å². The fourth-order valence-electron chi connectivity index (χ4n) is 7.47. The predicted molar refractivity (Wildman–Crippen MR) is 217 cm³/mol. The van der Waals surface area contributed by atoms with Gasteiger partial charge in [0, 0.05) is 36.9 Å². The summed E-state index contributed by atoms with van der Waals surface area (Å²) >= 11 is 1.85. The number of hydrogen-bond donors (Lipinski definition) is 0. The summed E-state index contributed by atoms with van der Waals surface area (Å²) in [6.07, 6.45) is 0. The van der Waals surface area contributed by atoms with Crippen LogP contribution in [0.4, 0.5) is 0 Å². The van der Waals surface area contributed by atoms with Crippen LogP contribution in [0.15, 0.2) is 182 Å². The van der Waals surface area contributed by atoms with Gasteiger partial charge in [-0.3, -0.25) is 0 Å². The number of nitrogens with zero attached hydrogens (tertiary/aromatic N) is 2. The van der Waals surface area contributed by atoms with Crippen LogP contribution in [0.5, 0.6) is 0 Å². The third kappa shape index (κ3) is 5.18. The standard InChI is InChI=1S/C48H30N2S/c1-2-13-31(14-3-1)34-27-35(39-22-12-26-46-47(39)42-21-8-9-25-45(42)51-46)29-36(28-34)43-30-44(40-23-10-17-32-15-4-6-19-37(32)40)50-48(49-43)41-24-11-18-33-16-5-7-20-38(33)41/h1-30H. The highest BCUT2D eigenvalue weighted by Gasteiger charge is 2.17. The van der Waals surface area contributed by atoms with Gasteiger partial charge in [-0.25, -0.2) is 9.97 Å². The third-order valence-electron chi connectivity index (χ3n) is 9.87. The first-order valence-electron chi connectivity index (χ1n) is 17.2. The average Bonchev–Trinajstić information content (AvgIpc) is 3.59. The first-order valence-corrected chi connectivity index (χ1v) is 18.1. The van der Waals surface area contributed by atoms with Gasteiger partial charge in [0.05, 0.1) is 11.4 Å². The lowest BCUT2D eigenvalue weighted by Gasteiger charge is -2.15. The van der Waals surface area contributed by atoms with Crippen molar-refractivity contribution in [2.24, 2.45) is 0 Å². The molecule has 0 saturated carbocycles. The molecule has 10 aromatic rings. The first kappa shape index (κ1) is 29.5. The fourth-order valence-corrected chi connectivity index (χ4v) is 8.60. The van der Waals surface area contributed by atoms with Crippen molar-refractivity contribution in [1.82, 2.24) is 9.97 Å². The number of thiophene rings is 1. The van der Waals surface area contributed by atoms with Crippen molar-refractivity contribution < 1.29 is 0 Å². The number of hydrogen-bond acceptors (Lipinski definition) is 3. The maximum Gasteiger partial charge on any atom is 0.161 e. The smallest absolute Gasteiger partial charge is 0.161 e. The maximum atomic E-state index is 5.39. The second kappa shape index (κ2) is 12.2. The number of benzene rings is 8. The van der Waals surface area contributed by atoms with Crippen LogP contribution >= 0.6 is 11.3 Å². The van der Waals surface area contributed by atoms with E-state index in [1.54, 1.807) is 0 Å². The minimum atomic E-state index is 0.713. The van der Waals surface area contributed by atoms with Crippen LogP contribution in [0, 0.1) is 0 Å². The lowest BCUT2D eigenvalue weighted by Crippen LogP contribution is -1.97. The van der Waals surface area contributed by atoms with Crippen molar-refractivity contribution in [2.75, 3.05) is 0 Å². The van der Waals surface area contributed by atoms with Gasteiger partial charge in [-0.1, -0.05) is 146 Å². The Hall–Kier alpha value is -6.42. The minimum absolute atomic E-state index is 0.713. The van der Waals surface area contributed by atoms with Crippen LogP contribution in [0.1, 0.15) is 0 Å². The summed E-state index contributed by atoms with van der Waals surface area (Å²) < 4.78 is 2.59. The van der Waals surface area contributed by atoms with Crippen molar-refractivity contribution in [3.63, 3.8) is 0 Å². The molecule has 2 aromatic heterocycles. The molecule has 2 nitrogen and oxygen atoms in total. The Bertz CT molecular complexity index is 2810. The van der Waals surface area contributed by atoms with E-state index >= 15 is 0 Å². The molecule has 0 bridgehead atoms. The zero-order chi connectivity index (χ0) is 33.7. The molecule has 10 rings (SSSR count). The largest absolute Gasteiger partial charge is 0.228 e. The number of rotatable bonds is 5. The summed E-state index contributed by atoms with van der Waals surface area (Å²) in [5, 5.41) is 7.24. The molecule has 0 aliphatic rings. The second-order valence-corrected chi connectivity index (χ2v) is 14.0. The van der Waals surface area contributed by atoms with Gasteiger partial charge in [-0.05, 0) is 80.2 Å². The maximum absolute atomic E-state index is 5.39. The highest BCUT2D eigenvalue weighted by Crippen LogP contribution is 2.42. The lowest BCUT2D eigenvalue weighted by molar-refractivity contribution is 1.19. The Balaban J connectivity index is 1.27. The number of fused-ring (bicyclic) bond motifs is 5. The molecule has 3 heteroatoms. The molecule has 0 aliphatic carbocycles. The molecule has 0 unspecified atom stereocenters. The monoisotopic (exact) mass is 666 g/mol. The van der Waals surface area contributed by atoms with Gasteiger partial charge in [0.25, 0.3) is 0 Å². The molecule has 51 heavy (non-hydrogen) atoms. The summed E-state index contributed by atoms with van der Waals surface area (Å²) in [5.41, 5.74) is 9.65. The van der Waals surface area contributed by atoms with Gasteiger partial charge >= 0.3 is 0 Å². The molecular formula is C48H30N2S. The van der Waals surface area contributed by atoms with Crippen molar-refractivity contribution in [1.29, 1.82) is 0 Å². The Morgan fingerprint density at radius 3 is 1.69 bits per heavy atom. The molecular weight excluding hydrogens is 637 g/mol. The summed E-state index contributed by atoms with van der Waals surface area (Å²) in [6, 6.07) is 65.1. The Kier molecular flexibility index (Phi) is 7.04. The quantitative estimate of drug-likeness (QED) is 0.183. The Labute approximate surface area is 300 Å². The van der Waals surface area contributed by atoms with Crippen LogP contribution in [0.2, 0.25) is 0 Å². The molecule has 238 valence electrons. The van der Waals surface area contributed by atoms with Gasteiger partial charge in [-0.2, -0.15) is 0 Å². The van der Waals surface area contributed by atoms with E-state index in [2.05, 4.69) is 182 Å². The van der Waals surface area contributed by atoms with Gasteiger partial charge in [0.1, 0.15) is 0 Å². The van der Waals surface area contributed by atoms with Crippen molar-refractivity contribution in [3.05, 3.63) is 182 Å². The Morgan fingerprint density at radius 1 is 0.333 bits per heavy atom. The van der Waals surface area contributed by atoms with Crippen LogP contribution in [0.3, 0.4) is 0 Å². The summed E-state index contributed by atoms with van der Waals surface area (Å²) in [5.74, 6) is 0.713. The SMILES string of the molecule is c1ccc(-c2cc(-c3cc(-c4cccc5ccccc45)nc(-c4cccc5ccccc45)n3)cc(-c3cccc4sc5ccccc5c34)c2)cc1. The molecule has 0 fully saturated rings. The molecule has 2 heterocycles. The third-order valence-corrected chi connectivity index (χ3v) is 11.0. The van der Waals surface area contributed by atoms with E-state index in [1.807, 2.05) is 11.3 Å². The van der Waals surface area contributed by atoms with Gasteiger partial charge in [-0.15, -0.1) is 11.3 Å². The van der Waals surface area contributed by atoms with E-state index in [0.29, 0.717) is 5.82 Å². The minimum Gasteiger partial charge on any atom is -0.228 e. The van der Waals surface area contributed by atoms with E-state index in [-0.39, 0.29) is 0 Å². The van der Waals surface area contributed by atoms with Crippen molar-refractivity contribution in [2.45, 2.75) is 0 Å². The lowest BCUT2D eigenvalue weighted by atomic mass is 9.92. The van der Waals surface area contributed by atoms with E-state index in [9.17, 15) is 0 Å². The van der Waals surface area contributed by atoms with Crippen molar-refractivity contribution >= 4 is 53.1 Å². The number of aromatic nitrogens is 2. The molecule has 0 N–H and O–H groups in total. The summed E-state index contributed by atoms with van der Waals surface area (Å²) in [6.45, 7) is 0. The molecule has 0 spiro atoms. The molecule has 0 atom stereocenters. The molecule has 0 amide bonds. The molecule has 0 radical (unpaired) electrons. The van der Waals surface area contributed by atoms with E-state index < -0.39 is 0 Å². The molecule has 0 aliphatic heterocycles. The molecule has 8 aromatic carbocycles. The van der Waals surface area contributed by atoms with Crippen LogP contribution < -0.4 is 0 Å². The van der Waals surface area contributed by atoms with Crippen LogP contribution in [-0.4, -0.2) is 9.97 Å². The Morgan fingerprint density at radius 2 is 0.882 bits per heavy atom. The van der Waals surface area contributed by atoms with Gasteiger partial charge in [0.2, 0.25) is 0 Å². The highest BCUT2D eigenvalue weighted by atomic mass is 32.1. The van der Waals surface area contributed by atoms with Gasteiger partial charge in [0.15, 0.2) is 5.82 Å². The zero-order valence-electron chi connectivity index (χ0n) is 27.6. The fraction of sp³-hybridized carbons (Fsp3) is 0. The highest BCUT2D eigenvalue weighted by molar-refractivity contribution is 7.25. The van der Waals surface area contributed by atoms with E-state index in [1.165, 1.54) is 47.5 Å². The average molecular weight is 667 g/mol. The van der Waals surface area contributed by atoms with Crippen molar-refractivity contribution in [3.8, 4) is 56.2 Å². The van der Waals surface area contributed by atoms with E-state index in [0.717, 1.165) is 44.6 Å².